The lowest BCUT2D eigenvalue weighted by atomic mass is 10.0. The summed E-state index contributed by atoms with van der Waals surface area (Å²) in [7, 11) is 1.89. The first kappa shape index (κ1) is 19.2. The summed E-state index contributed by atoms with van der Waals surface area (Å²) in [6.45, 7) is 0.302. The largest absolute Gasteiger partial charge is 0.342 e. The summed E-state index contributed by atoms with van der Waals surface area (Å²) in [6.07, 6.45) is 3.70. The number of aryl methyl sites for hydroxylation is 1. The highest BCUT2D eigenvalue weighted by molar-refractivity contribution is 6.33. The Kier molecular flexibility index (Phi) is 5.36. The Morgan fingerprint density at radius 2 is 1.90 bits per heavy atom. The van der Waals surface area contributed by atoms with Gasteiger partial charge in [0.15, 0.2) is 0 Å². The van der Waals surface area contributed by atoms with Crippen molar-refractivity contribution in [3.05, 3.63) is 83.4 Å². The Bertz CT molecular complexity index is 1030. The maximum absolute atomic E-state index is 13.1. The topological polar surface area (TPSA) is 67.2 Å². The Labute approximate surface area is 174 Å². The van der Waals surface area contributed by atoms with E-state index in [9.17, 15) is 9.59 Å². The average molecular weight is 409 g/mol. The van der Waals surface area contributed by atoms with Gasteiger partial charge in [0.05, 0.1) is 16.6 Å². The zero-order valence-electron chi connectivity index (χ0n) is 16.0. The van der Waals surface area contributed by atoms with Gasteiger partial charge in [-0.25, -0.2) is 4.98 Å². The second kappa shape index (κ2) is 8.09. The zero-order valence-corrected chi connectivity index (χ0v) is 16.7. The minimum atomic E-state index is -0.453. The lowest BCUT2D eigenvalue weighted by molar-refractivity contribution is -0.126. The van der Waals surface area contributed by atoms with Gasteiger partial charge < -0.3 is 14.8 Å². The number of carbonyl (C=O) groups excluding carboxylic acids is 2. The molecule has 2 amide bonds. The normalized spacial score (nSPS) is 17.4. The second-order valence-corrected chi connectivity index (χ2v) is 7.51. The summed E-state index contributed by atoms with van der Waals surface area (Å²) in [6, 6.07) is 16.5. The minimum absolute atomic E-state index is 0.105. The maximum Gasteiger partial charge on any atom is 0.227 e. The van der Waals surface area contributed by atoms with Gasteiger partial charge in [0.2, 0.25) is 11.8 Å². The van der Waals surface area contributed by atoms with Crippen molar-refractivity contribution in [3.8, 4) is 0 Å². The number of anilines is 1. The van der Waals surface area contributed by atoms with Gasteiger partial charge in [0.1, 0.15) is 11.9 Å². The van der Waals surface area contributed by atoms with Gasteiger partial charge in [-0.1, -0.05) is 54.1 Å². The van der Waals surface area contributed by atoms with Crippen molar-refractivity contribution >= 4 is 29.1 Å². The molecular weight excluding hydrogens is 388 g/mol. The molecule has 2 atom stereocenters. The van der Waals surface area contributed by atoms with Crippen LogP contribution in [-0.4, -0.2) is 27.9 Å². The van der Waals surface area contributed by atoms with E-state index in [1.165, 1.54) is 0 Å². The van der Waals surface area contributed by atoms with Crippen LogP contribution >= 0.6 is 11.6 Å². The van der Waals surface area contributed by atoms with Crippen LogP contribution in [0, 0.1) is 5.92 Å². The third-order valence-electron chi connectivity index (χ3n) is 5.18. The number of benzene rings is 2. The van der Waals surface area contributed by atoms with E-state index in [1.807, 2.05) is 60.3 Å². The van der Waals surface area contributed by atoms with E-state index in [2.05, 4.69) is 10.3 Å². The molecule has 0 radical (unpaired) electrons. The van der Waals surface area contributed by atoms with Crippen LogP contribution in [0.2, 0.25) is 5.02 Å². The highest BCUT2D eigenvalue weighted by Crippen LogP contribution is 2.31. The molecule has 0 spiro atoms. The van der Waals surface area contributed by atoms with E-state index < -0.39 is 12.0 Å². The van der Waals surface area contributed by atoms with Crippen LogP contribution in [0.1, 0.15) is 23.9 Å². The SMILES string of the molecule is Cn1ccnc1C(NC(=O)C1CC(=O)N(c2ccccc2Cl)C1)c1ccccc1. The molecule has 4 rings (SSSR count). The van der Waals surface area contributed by atoms with Crippen LogP contribution in [-0.2, 0) is 16.6 Å². The van der Waals surface area contributed by atoms with Crippen molar-refractivity contribution in [2.75, 3.05) is 11.4 Å². The summed E-state index contributed by atoms with van der Waals surface area (Å²) in [5, 5.41) is 3.59. The number of amides is 2. The summed E-state index contributed by atoms with van der Waals surface area (Å²) < 4.78 is 1.88. The van der Waals surface area contributed by atoms with Crippen molar-refractivity contribution in [3.63, 3.8) is 0 Å². The number of rotatable bonds is 5. The number of hydrogen-bond acceptors (Lipinski definition) is 3. The summed E-state index contributed by atoms with van der Waals surface area (Å²) in [5.74, 6) is -0.00153. The van der Waals surface area contributed by atoms with Crippen LogP contribution in [0.5, 0.6) is 0 Å². The summed E-state index contributed by atoms with van der Waals surface area (Å²) in [4.78, 5) is 31.6. The third kappa shape index (κ3) is 3.89. The van der Waals surface area contributed by atoms with Gasteiger partial charge >= 0.3 is 0 Å². The fraction of sp³-hybridized carbons (Fsp3) is 0.227. The Morgan fingerprint density at radius 1 is 1.17 bits per heavy atom. The quantitative estimate of drug-likeness (QED) is 0.704. The molecule has 0 bridgehead atoms. The number of carbonyl (C=O) groups is 2. The molecule has 1 aromatic heterocycles. The minimum Gasteiger partial charge on any atom is -0.342 e. The molecule has 1 aliphatic heterocycles. The Morgan fingerprint density at radius 3 is 2.59 bits per heavy atom. The van der Waals surface area contributed by atoms with E-state index in [0.29, 0.717) is 17.3 Å². The number of imidazole rings is 1. The number of aromatic nitrogens is 2. The van der Waals surface area contributed by atoms with Crippen molar-refractivity contribution < 1.29 is 9.59 Å². The van der Waals surface area contributed by atoms with Gasteiger partial charge in [0, 0.05) is 32.4 Å². The molecule has 2 aromatic carbocycles. The fourth-order valence-corrected chi connectivity index (χ4v) is 3.88. The summed E-state index contributed by atoms with van der Waals surface area (Å²) in [5.41, 5.74) is 1.57. The zero-order chi connectivity index (χ0) is 20.4. The predicted octanol–water partition coefficient (Wildman–Crippen LogP) is 3.33. The van der Waals surface area contributed by atoms with Gasteiger partial charge in [-0.05, 0) is 17.7 Å². The molecule has 1 N–H and O–H groups in total. The third-order valence-corrected chi connectivity index (χ3v) is 5.49. The predicted molar refractivity (Wildman–Crippen MR) is 112 cm³/mol. The molecule has 2 heterocycles. The lowest BCUT2D eigenvalue weighted by Crippen LogP contribution is -2.37. The summed E-state index contributed by atoms with van der Waals surface area (Å²) >= 11 is 6.24. The van der Waals surface area contributed by atoms with Crippen LogP contribution < -0.4 is 10.2 Å². The number of nitrogens with one attached hydrogen (secondary N) is 1. The molecule has 0 aliphatic carbocycles. The molecule has 2 unspecified atom stereocenters. The average Bonchev–Trinajstić information content (AvgIpc) is 3.33. The number of hydrogen-bond donors (Lipinski definition) is 1. The van der Waals surface area contributed by atoms with Crippen molar-refractivity contribution in [1.82, 2.24) is 14.9 Å². The number of para-hydroxylation sites is 1. The van der Waals surface area contributed by atoms with E-state index in [-0.39, 0.29) is 18.2 Å². The smallest absolute Gasteiger partial charge is 0.227 e. The first-order valence-electron chi connectivity index (χ1n) is 9.42. The fourth-order valence-electron chi connectivity index (χ4n) is 3.64. The van der Waals surface area contributed by atoms with E-state index >= 15 is 0 Å². The van der Waals surface area contributed by atoms with E-state index in [0.717, 1.165) is 11.4 Å². The highest BCUT2D eigenvalue weighted by Gasteiger charge is 2.37. The number of halogens is 1. The molecule has 7 heteroatoms. The monoisotopic (exact) mass is 408 g/mol. The van der Waals surface area contributed by atoms with Gasteiger partial charge in [-0.2, -0.15) is 0 Å². The molecule has 3 aromatic rings. The molecule has 0 saturated carbocycles. The van der Waals surface area contributed by atoms with Gasteiger partial charge in [-0.15, -0.1) is 0 Å². The number of nitrogens with zero attached hydrogens (tertiary/aromatic N) is 3. The Balaban J connectivity index is 1.55. The molecule has 1 saturated heterocycles. The molecule has 148 valence electrons. The molecule has 6 nitrogen and oxygen atoms in total. The first-order valence-corrected chi connectivity index (χ1v) is 9.80. The Hall–Kier alpha value is -3.12. The van der Waals surface area contributed by atoms with Crippen LogP contribution in [0.4, 0.5) is 5.69 Å². The van der Waals surface area contributed by atoms with E-state index in [1.54, 1.807) is 23.2 Å². The molecule has 1 aliphatic rings. The molecule has 29 heavy (non-hydrogen) atoms. The second-order valence-electron chi connectivity index (χ2n) is 7.11. The molecular formula is C22H21ClN4O2. The van der Waals surface area contributed by atoms with Crippen LogP contribution in [0.3, 0.4) is 0 Å². The van der Waals surface area contributed by atoms with Crippen molar-refractivity contribution in [2.24, 2.45) is 13.0 Å². The van der Waals surface area contributed by atoms with Gasteiger partial charge in [-0.3, -0.25) is 9.59 Å². The maximum atomic E-state index is 13.1. The molecule has 1 fully saturated rings. The van der Waals surface area contributed by atoms with Crippen molar-refractivity contribution in [1.29, 1.82) is 0 Å². The first-order chi connectivity index (χ1) is 14.0. The lowest BCUT2D eigenvalue weighted by Gasteiger charge is -2.22. The highest BCUT2D eigenvalue weighted by atomic mass is 35.5. The van der Waals surface area contributed by atoms with E-state index in [4.69, 9.17) is 11.6 Å². The standard InChI is InChI=1S/C22H21ClN4O2/c1-26-12-11-24-21(26)20(15-7-3-2-4-8-15)25-22(29)16-13-19(28)27(14-16)18-10-6-5-9-17(18)23/h2-12,16,20H,13-14H2,1H3,(H,25,29). The van der Waals surface area contributed by atoms with Gasteiger partial charge in [0.25, 0.3) is 0 Å². The van der Waals surface area contributed by atoms with Crippen LogP contribution in [0.25, 0.3) is 0 Å². The van der Waals surface area contributed by atoms with Crippen LogP contribution in [0.15, 0.2) is 67.0 Å². The van der Waals surface area contributed by atoms with Crippen molar-refractivity contribution in [2.45, 2.75) is 12.5 Å².